The lowest BCUT2D eigenvalue weighted by Crippen LogP contribution is -2.09. The average Bonchev–Trinajstić information content (AvgIpc) is 2.78. The van der Waals surface area contributed by atoms with Crippen molar-refractivity contribution in [3.63, 3.8) is 0 Å². The number of rotatable bonds is 3. The van der Waals surface area contributed by atoms with Gasteiger partial charge in [0.15, 0.2) is 0 Å². The lowest BCUT2D eigenvalue weighted by Gasteiger charge is -2.10. The van der Waals surface area contributed by atoms with Crippen LogP contribution < -0.4 is 0 Å². The summed E-state index contributed by atoms with van der Waals surface area (Å²) in [7, 11) is 1.66. The van der Waals surface area contributed by atoms with Crippen LogP contribution in [0.2, 0.25) is 0 Å². The first-order valence-electron chi connectivity index (χ1n) is 4.67. The van der Waals surface area contributed by atoms with Crippen LogP contribution in [-0.2, 0) is 4.74 Å². The van der Waals surface area contributed by atoms with Crippen molar-refractivity contribution in [2.24, 2.45) is 0 Å². The molecule has 0 aliphatic heterocycles. The number of hydrogen-bond acceptors (Lipinski definition) is 4. The molecule has 15 heavy (non-hydrogen) atoms. The zero-order valence-electron chi connectivity index (χ0n) is 8.66. The molecule has 1 atom stereocenters. The summed E-state index contributed by atoms with van der Waals surface area (Å²) in [5.74, 6) is 0.557. The molecule has 1 unspecified atom stereocenters. The van der Waals surface area contributed by atoms with E-state index in [1.54, 1.807) is 36.4 Å². The molecule has 0 aromatic carbocycles. The number of ether oxygens (including phenoxy) is 1. The Morgan fingerprint density at radius 1 is 1.27 bits per heavy atom. The summed E-state index contributed by atoms with van der Waals surface area (Å²) in [6.45, 7) is 1.95. The van der Waals surface area contributed by atoms with Gasteiger partial charge in [0.05, 0.1) is 11.8 Å². The molecule has 0 bridgehead atoms. The van der Waals surface area contributed by atoms with Crippen molar-refractivity contribution in [3.05, 3.63) is 36.4 Å². The number of hydrogen-bond donors (Lipinski definition) is 0. The SMILES string of the molecule is COC(C)c1ccnn1-c1ncccn1. The second kappa shape index (κ2) is 4.18. The van der Waals surface area contributed by atoms with Gasteiger partial charge in [0.2, 0.25) is 0 Å². The second-order valence-corrected chi connectivity index (χ2v) is 3.09. The molecule has 0 fully saturated rings. The van der Waals surface area contributed by atoms with Crippen LogP contribution in [0.25, 0.3) is 5.95 Å². The van der Waals surface area contributed by atoms with E-state index < -0.39 is 0 Å². The van der Waals surface area contributed by atoms with Crippen LogP contribution >= 0.6 is 0 Å². The molecule has 5 nitrogen and oxygen atoms in total. The fourth-order valence-electron chi connectivity index (χ4n) is 1.31. The Morgan fingerprint density at radius 2 is 2.00 bits per heavy atom. The van der Waals surface area contributed by atoms with E-state index in [0.717, 1.165) is 5.69 Å². The molecule has 0 amide bonds. The van der Waals surface area contributed by atoms with E-state index in [1.807, 2.05) is 13.0 Å². The molecule has 2 rings (SSSR count). The summed E-state index contributed by atoms with van der Waals surface area (Å²) in [4.78, 5) is 8.26. The minimum Gasteiger partial charge on any atom is -0.375 e. The minimum atomic E-state index is -0.0312. The summed E-state index contributed by atoms with van der Waals surface area (Å²) in [6.07, 6.45) is 5.05. The van der Waals surface area contributed by atoms with Gasteiger partial charge in [-0.15, -0.1) is 0 Å². The lowest BCUT2D eigenvalue weighted by molar-refractivity contribution is 0.113. The Hall–Kier alpha value is -1.75. The van der Waals surface area contributed by atoms with E-state index in [2.05, 4.69) is 15.1 Å². The quantitative estimate of drug-likeness (QED) is 0.757. The standard InChI is InChI=1S/C10H12N4O/c1-8(15-2)9-4-7-13-14(9)10-11-5-3-6-12-10/h3-8H,1-2H3. The number of methoxy groups -OCH3 is 1. The van der Waals surface area contributed by atoms with Crippen LogP contribution in [0.3, 0.4) is 0 Å². The van der Waals surface area contributed by atoms with Gasteiger partial charge in [-0.3, -0.25) is 0 Å². The molecule has 0 saturated carbocycles. The third-order valence-corrected chi connectivity index (χ3v) is 2.18. The van der Waals surface area contributed by atoms with Gasteiger partial charge < -0.3 is 4.74 Å². The van der Waals surface area contributed by atoms with Gasteiger partial charge in [-0.1, -0.05) is 0 Å². The fraction of sp³-hybridized carbons (Fsp3) is 0.300. The van der Waals surface area contributed by atoms with Gasteiger partial charge in [0.1, 0.15) is 0 Å². The van der Waals surface area contributed by atoms with Gasteiger partial charge in [-0.2, -0.15) is 5.10 Å². The van der Waals surface area contributed by atoms with Crippen molar-refractivity contribution in [1.29, 1.82) is 0 Å². The maximum atomic E-state index is 5.24. The van der Waals surface area contributed by atoms with E-state index in [1.165, 1.54) is 0 Å². The van der Waals surface area contributed by atoms with Gasteiger partial charge in [-0.05, 0) is 19.1 Å². The molecular formula is C10H12N4O. The van der Waals surface area contributed by atoms with Gasteiger partial charge in [0, 0.05) is 25.7 Å². The highest BCUT2D eigenvalue weighted by Crippen LogP contribution is 2.16. The summed E-state index contributed by atoms with van der Waals surface area (Å²) in [6, 6.07) is 3.66. The Labute approximate surface area is 87.7 Å². The molecule has 2 aromatic heterocycles. The van der Waals surface area contributed by atoms with Crippen molar-refractivity contribution in [1.82, 2.24) is 19.7 Å². The predicted octanol–water partition coefficient (Wildman–Crippen LogP) is 1.37. The third kappa shape index (κ3) is 1.87. The fourth-order valence-corrected chi connectivity index (χ4v) is 1.31. The van der Waals surface area contributed by atoms with E-state index in [0.29, 0.717) is 5.95 Å². The Bertz CT molecular complexity index is 426. The summed E-state index contributed by atoms with van der Waals surface area (Å²) in [5, 5.41) is 4.17. The number of nitrogens with zero attached hydrogens (tertiary/aromatic N) is 4. The first-order chi connectivity index (χ1) is 7.33. The second-order valence-electron chi connectivity index (χ2n) is 3.09. The molecule has 2 aromatic rings. The first kappa shape index (κ1) is 9.79. The van der Waals surface area contributed by atoms with Crippen molar-refractivity contribution in [2.45, 2.75) is 13.0 Å². The predicted molar refractivity (Wildman–Crippen MR) is 54.6 cm³/mol. The van der Waals surface area contributed by atoms with Gasteiger partial charge >= 0.3 is 0 Å². The molecule has 2 heterocycles. The zero-order valence-corrected chi connectivity index (χ0v) is 8.66. The highest BCUT2D eigenvalue weighted by molar-refractivity contribution is 5.16. The van der Waals surface area contributed by atoms with E-state index in [9.17, 15) is 0 Å². The average molecular weight is 204 g/mol. The monoisotopic (exact) mass is 204 g/mol. The largest absolute Gasteiger partial charge is 0.375 e. The summed E-state index contributed by atoms with van der Waals surface area (Å²) < 4.78 is 6.92. The molecule has 0 N–H and O–H groups in total. The van der Waals surface area contributed by atoms with Crippen LogP contribution in [-0.4, -0.2) is 26.9 Å². The molecule has 0 spiro atoms. The van der Waals surface area contributed by atoms with E-state index >= 15 is 0 Å². The van der Waals surface area contributed by atoms with Crippen molar-refractivity contribution >= 4 is 0 Å². The van der Waals surface area contributed by atoms with E-state index in [4.69, 9.17) is 4.74 Å². The van der Waals surface area contributed by atoms with Crippen molar-refractivity contribution < 1.29 is 4.74 Å². The van der Waals surface area contributed by atoms with Crippen LogP contribution in [0.5, 0.6) is 0 Å². The maximum absolute atomic E-state index is 5.24. The highest BCUT2D eigenvalue weighted by atomic mass is 16.5. The molecule has 5 heteroatoms. The smallest absolute Gasteiger partial charge is 0.250 e. The van der Waals surface area contributed by atoms with Crippen LogP contribution in [0.1, 0.15) is 18.7 Å². The zero-order chi connectivity index (χ0) is 10.7. The van der Waals surface area contributed by atoms with E-state index in [-0.39, 0.29) is 6.10 Å². The third-order valence-electron chi connectivity index (χ3n) is 2.18. The maximum Gasteiger partial charge on any atom is 0.250 e. The van der Waals surface area contributed by atoms with Crippen LogP contribution in [0.15, 0.2) is 30.7 Å². The summed E-state index contributed by atoms with van der Waals surface area (Å²) in [5.41, 5.74) is 0.934. The molecule has 0 saturated heterocycles. The van der Waals surface area contributed by atoms with Gasteiger partial charge in [0.25, 0.3) is 5.95 Å². The number of aromatic nitrogens is 4. The van der Waals surface area contributed by atoms with Crippen molar-refractivity contribution in [2.75, 3.05) is 7.11 Å². The van der Waals surface area contributed by atoms with Gasteiger partial charge in [-0.25, -0.2) is 14.6 Å². The summed E-state index contributed by atoms with van der Waals surface area (Å²) >= 11 is 0. The highest BCUT2D eigenvalue weighted by Gasteiger charge is 2.12. The molecule has 78 valence electrons. The normalized spacial score (nSPS) is 12.7. The topological polar surface area (TPSA) is 52.8 Å². The lowest BCUT2D eigenvalue weighted by atomic mass is 10.3. The first-order valence-corrected chi connectivity index (χ1v) is 4.67. The Balaban J connectivity index is 2.41. The Morgan fingerprint density at radius 3 is 2.67 bits per heavy atom. The molecule has 0 aliphatic carbocycles. The van der Waals surface area contributed by atoms with Crippen molar-refractivity contribution in [3.8, 4) is 5.95 Å². The molecule has 0 aliphatic rings. The Kier molecular flexibility index (Phi) is 2.73. The van der Waals surface area contributed by atoms with Crippen LogP contribution in [0, 0.1) is 0 Å². The minimum absolute atomic E-state index is 0.0312. The molecule has 0 radical (unpaired) electrons. The molecular weight excluding hydrogens is 192 g/mol. The van der Waals surface area contributed by atoms with Crippen LogP contribution in [0.4, 0.5) is 0 Å².